The van der Waals surface area contributed by atoms with Crippen LogP contribution in [0.3, 0.4) is 0 Å². The maximum absolute atomic E-state index is 12.4. The molecule has 154 valence electrons. The molecule has 0 saturated heterocycles. The fourth-order valence-corrected chi connectivity index (χ4v) is 2.39. The van der Waals surface area contributed by atoms with Gasteiger partial charge in [-0.1, -0.05) is 25.1 Å². The minimum Gasteiger partial charge on any atom is -0.496 e. The second-order valence-corrected chi connectivity index (χ2v) is 6.04. The number of amides is 1. The van der Waals surface area contributed by atoms with Crippen LogP contribution < -0.4 is 14.8 Å². The number of ether oxygens (including phenoxy) is 3. The highest BCUT2D eigenvalue weighted by Crippen LogP contribution is 2.29. The summed E-state index contributed by atoms with van der Waals surface area (Å²) in [5.74, 6) is -0.635. The van der Waals surface area contributed by atoms with Crippen molar-refractivity contribution in [1.82, 2.24) is 0 Å². The van der Waals surface area contributed by atoms with Crippen LogP contribution in [-0.2, 0) is 14.3 Å². The molecule has 9 nitrogen and oxygen atoms in total. The summed E-state index contributed by atoms with van der Waals surface area (Å²) in [5.41, 5.74) is -0.369. The zero-order valence-electron chi connectivity index (χ0n) is 16.3. The van der Waals surface area contributed by atoms with Crippen molar-refractivity contribution in [3.8, 4) is 11.5 Å². The topological polar surface area (TPSA) is 117 Å². The van der Waals surface area contributed by atoms with E-state index in [9.17, 15) is 19.7 Å². The van der Waals surface area contributed by atoms with Crippen molar-refractivity contribution < 1.29 is 28.7 Å². The second kappa shape index (κ2) is 10.1. The van der Waals surface area contributed by atoms with Crippen LogP contribution in [0.1, 0.15) is 20.3 Å². The fraction of sp³-hybridized carbons (Fsp3) is 0.300. The maximum atomic E-state index is 12.4. The number of anilines is 1. The van der Waals surface area contributed by atoms with Crippen LogP contribution in [0.2, 0.25) is 0 Å². The van der Waals surface area contributed by atoms with Crippen molar-refractivity contribution >= 4 is 23.3 Å². The van der Waals surface area contributed by atoms with E-state index in [4.69, 9.17) is 14.2 Å². The number of hydrogen-bond acceptors (Lipinski definition) is 7. The van der Waals surface area contributed by atoms with Crippen molar-refractivity contribution in [2.45, 2.75) is 32.5 Å². The van der Waals surface area contributed by atoms with Gasteiger partial charge in [-0.3, -0.25) is 14.9 Å². The Hall–Kier alpha value is -3.62. The fourth-order valence-electron chi connectivity index (χ4n) is 2.39. The van der Waals surface area contributed by atoms with Gasteiger partial charge in [0.25, 0.3) is 11.6 Å². The van der Waals surface area contributed by atoms with E-state index < -0.39 is 29.0 Å². The molecule has 0 fully saturated rings. The lowest BCUT2D eigenvalue weighted by atomic mass is 10.2. The van der Waals surface area contributed by atoms with Crippen LogP contribution in [0.25, 0.3) is 0 Å². The van der Waals surface area contributed by atoms with Crippen molar-refractivity contribution in [2.75, 3.05) is 12.4 Å². The van der Waals surface area contributed by atoms with Crippen LogP contribution in [-0.4, -0.2) is 36.1 Å². The molecule has 0 saturated carbocycles. The first-order valence-corrected chi connectivity index (χ1v) is 8.91. The van der Waals surface area contributed by atoms with Gasteiger partial charge in [-0.15, -0.1) is 0 Å². The minimum absolute atomic E-state index is 0.0312. The molecule has 1 N–H and O–H groups in total. The summed E-state index contributed by atoms with van der Waals surface area (Å²) >= 11 is 0. The van der Waals surface area contributed by atoms with E-state index in [-0.39, 0.29) is 17.1 Å². The van der Waals surface area contributed by atoms with Gasteiger partial charge in [0.15, 0.2) is 12.2 Å². The molecule has 0 spiro atoms. The quantitative estimate of drug-likeness (QED) is 0.388. The number of esters is 1. The summed E-state index contributed by atoms with van der Waals surface area (Å²) in [6, 6.07) is 12.8. The Morgan fingerprint density at radius 3 is 2.41 bits per heavy atom. The lowest BCUT2D eigenvalue weighted by molar-refractivity contribution is -0.384. The van der Waals surface area contributed by atoms with E-state index in [0.29, 0.717) is 12.2 Å². The Morgan fingerprint density at radius 2 is 1.83 bits per heavy atom. The van der Waals surface area contributed by atoms with Crippen molar-refractivity contribution in [1.29, 1.82) is 0 Å². The van der Waals surface area contributed by atoms with Crippen LogP contribution in [0.4, 0.5) is 11.4 Å². The predicted octanol–water partition coefficient (Wildman–Crippen LogP) is 3.33. The maximum Gasteiger partial charge on any atom is 0.348 e. The third kappa shape index (κ3) is 5.93. The predicted molar refractivity (Wildman–Crippen MR) is 105 cm³/mol. The molecule has 0 aliphatic carbocycles. The third-order valence-electron chi connectivity index (χ3n) is 3.98. The van der Waals surface area contributed by atoms with E-state index in [1.165, 1.54) is 32.2 Å². The summed E-state index contributed by atoms with van der Waals surface area (Å²) in [6.07, 6.45) is -1.73. The average molecular weight is 402 g/mol. The molecule has 2 aromatic rings. The van der Waals surface area contributed by atoms with Gasteiger partial charge in [-0.05, 0) is 37.6 Å². The first-order valence-electron chi connectivity index (χ1n) is 8.91. The molecule has 2 aromatic carbocycles. The highest BCUT2D eigenvalue weighted by atomic mass is 16.6. The molecule has 0 bridgehead atoms. The number of nitrogens with zero attached hydrogens (tertiary/aromatic N) is 1. The number of para-hydroxylation sites is 1. The van der Waals surface area contributed by atoms with Crippen LogP contribution in [0.15, 0.2) is 48.5 Å². The van der Waals surface area contributed by atoms with Gasteiger partial charge < -0.3 is 19.5 Å². The van der Waals surface area contributed by atoms with E-state index in [1.807, 2.05) is 6.07 Å². The molecule has 0 aromatic heterocycles. The number of hydrogen-bond donors (Lipinski definition) is 1. The zero-order valence-corrected chi connectivity index (χ0v) is 16.3. The summed E-state index contributed by atoms with van der Waals surface area (Å²) in [6.45, 7) is 3.12. The Bertz CT molecular complexity index is 870. The Balaban J connectivity index is 2.02. The van der Waals surface area contributed by atoms with Gasteiger partial charge in [0, 0.05) is 0 Å². The van der Waals surface area contributed by atoms with Gasteiger partial charge in [-0.25, -0.2) is 4.79 Å². The molecule has 9 heteroatoms. The van der Waals surface area contributed by atoms with Crippen molar-refractivity contribution in [3.05, 3.63) is 58.6 Å². The first kappa shape index (κ1) is 21.7. The smallest absolute Gasteiger partial charge is 0.348 e. The van der Waals surface area contributed by atoms with Crippen LogP contribution in [0.5, 0.6) is 11.5 Å². The summed E-state index contributed by atoms with van der Waals surface area (Å²) in [7, 11) is 1.38. The molecule has 0 aliphatic rings. The third-order valence-corrected chi connectivity index (χ3v) is 3.98. The number of nitro benzene ring substituents is 1. The van der Waals surface area contributed by atoms with Crippen molar-refractivity contribution in [3.63, 3.8) is 0 Å². The average Bonchev–Trinajstić information content (AvgIpc) is 2.72. The number of methoxy groups -OCH3 is 1. The monoisotopic (exact) mass is 402 g/mol. The lowest BCUT2D eigenvalue weighted by Crippen LogP contribution is -2.36. The van der Waals surface area contributed by atoms with Gasteiger partial charge in [0.1, 0.15) is 17.2 Å². The van der Waals surface area contributed by atoms with Gasteiger partial charge in [0.05, 0.1) is 18.1 Å². The number of benzene rings is 2. The highest BCUT2D eigenvalue weighted by molar-refractivity contribution is 5.97. The van der Waals surface area contributed by atoms with Crippen molar-refractivity contribution in [2.24, 2.45) is 0 Å². The molecule has 0 radical (unpaired) electrons. The van der Waals surface area contributed by atoms with Crippen LogP contribution >= 0.6 is 0 Å². The Labute approximate surface area is 167 Å². The summed E-state index contributed by atoms with van der Waals surface area (Å²) in [4.78, 5) is 35.3. The van der Waals surface area contributed by atoms with Crippen LogP contribution in [0, 0.1) is 10.1 Å². The Morgan fingerprint density at radius 1 is 1.14 bits per heavy atom. The molecule has 2 atom stereocenters. The SMILES string of the molecule is CC[C@H](Oc1ccccc1)C(=O)O[C@H](C)C(=O)Nc1ccc(OC)cc1[N+](=O)[O-]. The molecular weight excluding hydrogens is 380 g/mol. The van der Waals surface area contributed by atoms with Gasteiger partial charge >= 0.3 is 5.97 Å². The minimum atomic E-state index is -1.18. The second-order valence-electron chi connectivity index (χ2n) is 6.04. The number of carbonyl (C=O) groups is 2. The van der Waals surface area contributed by atoms with Gasteiger partial charge in [0.2, 0.25) is 0 Å². The number of rotatable bonds is 9. The largest absolute Gasteiger partial charge is 0.496 e. The zero-order chi connectivity index (χ0) is 21.4. The lowest BCUT2D eigenvalue weighted by Gasteiger charge is -2.19. The summed E-state index contributed by atoms with van der Waals surface area (Å²) in [5, 5.41) is 13.6. The van der Waals surface area contributed by atoms with E-state index in [1.54, 1.807) is 31.2 Å². The number of nitro groups is 1. The first-order chi connectivity index (χ1) is 13.8. The Kier molecular flexibility index (Phi) is 7.53. The molecule has 29 heavy (non-hydrogen) atoms. The normalized spacial score (nSPS) is 12.4. The molecule has 0 heterocycles. The summed E-state index contributed by atoms with van der Waals surface area (Å²) < 4.78 is 15.7. The number of nitrogens with one attached hydrogen (secondary N) is 1. The number of carbonyl (C=O) groups excluding carboxylic acids is 2. The molecule has 2 rings (SSSR count). The van der Waals surface area contributed by atoms with Gasteiger partial charge in [-0.2, -0.15) is 0 Å². The molecule has 0 aliphatic heterocycles. The van der Waals surface area contributed by atoms with E-state index in [0.717, 1.165) is 0 Å². The standard InChI is InChI=1S/C20H22N2O7/c1-4-18(29-14-8-6-5-7-9-14)20(24)28-13(2)19(23)21-16-11-10-15(27-3)12-17(16)22(25)26/h5-13,18H,4H2,1-3H3,(H,21,23)/t13-,18+/m1/s1. The van der Waals surface area contributed by atoms with E-state index in [2.05, 4.69) is 5.32 Å². The molecular formula is C20H22N2O7. The molecule has 1 amide bonds. The molecule has 0 unspecified atom stereocenters. The highest BCUT2D eigenvalue weighted by Gasteiger charge is 2.27. The van der Waals surface area contributed by atoms with E-state index >= 15 is 0 Å².